The molecule has 0 aromatic carbocycles. The molecule has 0 saturated carbocycles. The van der Waals surface area contributed by atoms with Gasteiger partial charge in [0, 0.05) is 20.2 Å². The SMILES string of the molecule is CN(C(=O)N1CCCCC1C(=O)O)C1CCOC1. The maximum absolute atomic E-state index is 12.3. The van der Waals surface area contributed by atoms with Gasteiger partial charge in [-0.05, 0) is 25.7 Å². The Balaban J connectivity index is 2.03. The van der Waals surface area contributed by atoms with Crippen molar-refractivity contribution in [1.29, 1.82) is 0 Å². The second-order valence-corrected chi connectivity index (χ2v) is 4.95. The Kier molecular flexibility index (Phi) is 4.06. The summed E-state index contributed by atoms with van der Waals surface area (Å²) in [7, 11) is 1.73. The van der Waals surface area contributed by atoms with Gasteiger partial charge in [0.05, 0.1) is 12.6 Å². The van der Waals surface area contributed by atoms with Gasteiger partial charge in [-0.3, -0.25) is 0 Å². The first-order valence-electron chi connectivity index (χ1n) is 6.45. The molecular formula is C12H20N2O4. The third kappa shape index (κ3) is 2.58. The highest BCUT2D eigenvalue weighted by Gasteiger charge is 2.35. The Hall–Kier alpha value is -1.30. The number of likely N-dealkylation sites (tertiary alicyclic amines) is 1. The van der Waals surface area contributed by atoms with E-state index in [0.29, 0.717) is 26.2 Å². The van der Waals surface area contributed by atoms with Gasteiger partial charge >= 0.3 is 12.0 Å². The van der Waals surface area contributed by atoms with Crippen LogP contribution in [0.4, 0.5) is 4.79 Å². The van der Waals surface area contributed by atoms with Crippen LogP contribution < -0.4 is 0 Å². The number of likely N-dealkylation sites (N-methyl/N-ethyl adjacent to an activating group) is 1. The summed E-state index contributed by atoms with van der Waals surface area (Å²) in [5.74, 6) is -0.904. The summed E-state index contributed by atoms with van der Waals surface area (Å²) >= 11 is 0. The fourth-order valence-corrected chi connectivity index (χ4v) is 2.60. The lowest BCUT2D eigenvalue weighted by Crippen LogP contribution is -2.54. The number of piperidine rings is 1. The highest BCUT2D eigenvalue weighted by Crippen LogP contribution is 2.21. The Morgan fingerprint density at radius 1 is 1.33 bits per heavy atom. The minimum absolute atomic E-state index is 0.0777. The molecule has 102 valence electrons. The first kappa shape index (κ1) is 13.1. The van der Waals surface area contributed by atoms with Crippen LogP contribution in [-0.2, 0) is 9.53 Å². The summed E-state index contributed by atoms with van der Waals surface area (Å²) in [6.45, 7) is 1.76. The van der Waals surface area contributed by atoms with Crippen molar-refractivity contribution in [2.45, 2.75) is 37.8 Å². The molecule has 2 heterocycles. The van der Waals surface area contributed by atoms with E-state index in [1.54, 1.807) is 11.9 Å². The van der Waals surface area contributed by atoms with Crippen LogP contribution in [0.3, 0.4) is 0 Å². The monoisotopic (exact) mass is 256 g/mol. The van der Waals surface area contributed by atoms with Crippen molar-refractivity contribution in [3.05, 3.63) is 0 Å². The van der Waals surface area contributed by atoms with Gasteiger partial charge < -0.3 is 19.6 Å². The zero-order chi connectivity index (χ0) is 13.1. The van der Waals surface area contributed by atoms with E-state index in [2.05, 4.69) is 0 Å². The van der Waals surface area contributed by atoms with E-state index in [1.165, 1.54) is 4.90 Å². The number of carbonyl (C=O) groups excluding carboxylic acids is 1. The fraction of sp³-hybridized carbons (Fsp3) is 0.833. The Bertz CT molecular complexity index is 328. The number of carboxylic acids is 1. The van der Waals surface area contributed by atoms with Gasteiger partial charge in [-0.1, -0.05) is 0 Å². The molecule has 6 nitrogen and oxygen atoms in total. The first-order chi connectivity index (χ1) is 8.61. The third-order valence-corrected chi connectivity index (χ3v) is 3.79. The zero-order valence-corrected chi connectivity index (χ0v) is 10.7. The molecule has 0 aromatic heterocycles. The van der Waals surface area contributed by atoms with Crippen LogP contribution >= 0.6 is 0 Å². The summed E-state index contributed by atoms with van der Waals surface area (Å²) in [6.07, 6.45) is 3.13. The van der Waals surface area contributed by atoms with Crippen molar-refractivity contribution < 1.29 is 19.4 Å². The second-order valence-electron chi connectivity index (χ2n) is 4.95. The van der Waals surface area contributed by atoms with Crippen LogP contribution in [0.5, 0.6) is 0 Å². The van der Waals surface area contributed by atoms with Gasteiger partial charge in [-0.2, -0.15) is 0 Å². The second kappa shape index (κ2) is 5.56. The van der Waals surface area contributed by atoms with Crippen molar-refractivity contribution in [2.24, 2.45) is 0 Å². The number of rotatable bonds is 2. The summed E-state index contributed by atoms with van der Waals surface area (Å²) in [6, 6.07) is -0.775. The predicted octanol–water partition coefficient (Wildman–Crippen LogP) is 0.766. The topological polar surface area (TPSA) is 70.1 Å². The van der Waals surface area contributed by atoms with E-state index in [9.17, 15) is 9.59 Å². The van der Waals surface area contributed by atoms with Crippen LogP contribution in [0, 0.1) is 0 Å². The molecule has 2 rings (SSSR count). The van der Waals surface area contributed by atoms with Gasteiger partial charge in [0.1, 0.15) is 6.04 Å². The van der Waals surface area contributed by atoms with Crippen LogP contribution in [-0.4, -0.2) is 65.8 Å². The summed E-state index contributed by atoms with van der Waals surface area (Å²) in [5, 5.41) is 9.17. The van der Waals surface area contributed by atoms with E-state index in [-0.39, 0.29) is 12.1 Å². The largest absolute Gasteiger partial charge is 0.480 e. The van der Waals surface area contributed by atoms with Gasteiger partial charge in [0.25, 0.3) is 0 Å². The van der Waals surface area contributed by atoms with Crippen LogP contribution in [0.1, 0.15) is 25.7 Å². The van der Waals surface area contributed by atoms with E-state index in [4.69, 9.17) is 9.84 Å². The molecule has 6 heteroatoms. The number of hydrogen-bond acceptors (Lipinski definition) is 3. The van der Waals surface area contributed by atoms with E-state index >= 15 is 0 Å². The first-order valence-corrected chi connectivity index (χ1v) is 6.45. The minimum atomic E-state index is -0.904. The summed E-state index contributed by atoms with van der Waals surface area (Å²) < 4.78 is 5.26. The van der Waals surface area contributed by atoms with E-state index < -0.39 is 12.0 Å². The van der Waals surface area contributed by atoms with Gasteiger partial charge in [-0.25, -0.2) is 9.59 Å². The lowest BCUT2D eigenvalue weighted by molar-refractivity contribution is -0.143. The summed E-state index contributed by atoms with van der Waals surface area (Å²) in [4.78, 5) is 26.6. The highest BCUT2D eigenvalue weighted by atomic mass is 16.5. The van der Waals surface area contributed by atoms with E-state index in [1.807, 2.05) is 0 Å². The highest BCUT2D eigenvalue weighted by molar-refractivity contribution is 5.83. The number of aliphatic carboxylic acids is 1. The van der Waals surface area contributed by atoms with Crippen LogP contribution in [0.2, 0.25) is 0 Å². The summed E-state index contributed by atoms with van der Waals surface area (Å²) in [5.41, 5.74) is 0. The lowest BCUT2D eigenvalue weighted by atomic mass is 10.0. The van der Waals surface area contributed by atoms with Crippen LogP contribution in [0.15, 0.2) is 0 Å². The van der Waals surface area contributed by atoms with Gasteiger partial charge in [0.15, 0.2) is 0 Å². The van der Waals surface area contributed by atoms with E-state index in [0.717, 1.165) is 19.3 Å². The molecule has 0 radical (unpaired) electrons. The van der Waals surface area contributed by atoms with Crippen molar-refractivity contribution in [3.63, 3.8) is 0 Å². The molecule has 2 amide bonds. The molecule has 0 aliphatic carbocycles. The third-order valence-electron chi connectivity index (χ3n) is 3.79. The molecule has 2 saturated heterocycles. The quantitative estimate of drug-likeness (QED) is 0.792. The molecule has 2 aliphatic heterocycles. The average molecular weight is 256 g/mol. The van der Waals surface area contributed by atoms with Gasteiger partial charge in [0.2, 0.25) is 0 Å². The normalized spacial score (nSPS) is 28.2. The maximum atomic E-state index is 12.3. The average Bonchev–Trinajstić information content (AvgIpc) is 2.90. The molecule has 0 spiro atoms. The van der Waals surface area contributed by atoms with Gasteiger partial charge in [-0.15, -0.1) is 0 Å². The Morgan fingerprint density at radius 2 is 2.11 bits per heavy atom. The van der Waals surface area contributed by atoms with Crippen molar-refractivity contribution in [1.82, 2.24) is 9.80 Å². The number of urea groups is 1. The molecule has 0 bridgehead atoms. The van der Waals surface area contributed by atoms with Crippen molar-refractivity contribution in [3.8, 4) is 0 Å². The smallest absolute Gasteiger partial charge is 0.326 e. The fourth-order valence-electron chi connectivity index (χ4n) is 2.60. The Morgan fingerprint density at radius 3 is 2.72 bits per heavy atom. The number of amides is 2. The molecule has 1 N–H and O–H groups in total. The number of carboxylic acid groups (broad SMARTS) is 1. The minimum Gasteiger partial charge on any atom is -0.480 e. The van der Waals surface area contributed by atoms with Crippen LogP contribution in [0.25, 0.3) is 0 Å². The molecule has 2 atom stereocenters. The molecule has 2 unspecified atom stereocenters. The number of nitrogens with zero attached hydrogens (tertiary/aromatic N) is 2. The zero-order valence-electron chi connectivity index (χ0n) is 10.7. The molecule has 2 aliphatic rings. The van der Waals surface area contributed by atoms with Crippen molar-refractivity contribution >= 4 is 12.0 Å². The molecular weight excluding hydrogens is 236 g/mol. The molecule has 2 fully saturated rings. The number of ether oxygens (including phenoxy) is 1. The Labute approximate surface area is 106 Å². The molecule has 18 heavy (non-hydrogen) atoms. The number of hydrogen-bond donors (Lipinski definition) is 1. The molecule has 0 aromatic rings. The standard InChI is InChI=1S/C12H20N2O4/c1-13(9-5-7-18-8-9)12(17)14-6-3-2-4-10(14)11(15)16/h9-10H,2-8H2,1H3,(H,15,16). The maximum Gasteiger partial charge on any atom is 0.326 e. The number of carbonyl (C=O) groups is 2. The predicted molar refractivity (Wildman–Crippen MR) is 64.4 cm³/mol. The van der Waals surface area contributed by atoms with Crippen molar-refractivity contribution in [2.75, 3.05) is 26.8 Å². The lowest BCUT2D eigenvalue weighted by Gasteiger charge is -2.37.